The van der Waals surface area contributed by atoms with Gasteiger partial charge in [0.2, 0.25) is 0 Å². The highest BCUT2D eigenvalue weighted by Gasteiger charge is 2.16. The monoisotopic (exact) mass is 160 g/mol. The maximum atomic E-state index is 2.39. The van der Waals surface area contributed by atoms with Crippen molar-refractivity contribution >= 4 is 0 Å². The molecule has 0 nitrogen and oxygen atoms in total. The molecule has 0 aromatic heterocycles. The van der Waals surface area contributed by atoms with Gasteiger partial charge in [0.25, 0.3) is 0 Å². The second-order valence-corrected chi connectivity index (χ2v) is 3.93. The average molecular weight is 160 g/mol. The van der Waals surface area contributed by atoms with Gasteiger partial charge in [0.15, 0.2) is 0 Å². The summed E-state index contributed by atoms with van der Waals surface area (Å²) in [4.78, 5) is 0. The molecule has 0 bridgehead atoms. The van der Waals surface area contributed by atoms with Crippen LogP contribution in [0.15, 0.2) is 35.5 Å². The van der Waals surface area contributed by atoms with E-state index in [0.29, 0.717) is 0 Å². The molecule has 2 rings (SSSR count). The summed E-state index contributed by atoms with van der Waals surface area (Å²) in [6.07, 6.45) is 14.2. The molecule has 2 aliphatic rings. The molecule has 0 aromatic carbocycles. The summed E-state index contributed by atoms with van der Waals surface area (Å²) in [6, 6.07) is 0. The lowest BCUT2D eigenvalue weighted by atomic mass is 9.83. The number of hydrogen-bond acceptors (Lipinski definition) is 0. The van der Waals surface area contributed by atoms with Gasteiger partial charge in [0.05, 0.1) is 0 Å². The molecule has 0 spiro atoms. The number of hydrogen-bond donors (Lipinski definition) is 0. The molecule has 0 radical (unpaired) electrons. The van der Waals surface area contributed by atoms with Gasteiger partial charge in [0.1, 0.15) is 0 Å². The molecular formula is C12H16. The fourth-order valence-electron chi connectivity index (χ4n) is 2.05. The van der Waals surface area contributed by atoms with Gasteiger partial charge in [-0.3, -0.25) is 0 Å². The zero-order chi connectivity index (χ0) is 8.39. The second-order valence-electron chi connectivity index (χ2n) is 3.93. The van der Waals surface area contributed by atoms with Crippen LogP contribution in [0.1, 0.15) is 32.6 Å². The molecule has 1 fully saturated rings. The lowest BCUT2D eigenvalue weighted by Gasteiger charge is -2.23. The highest BCUT2D eigenvalue weighted by molar-refractivity contribution is 5.38. The largest absolute Gasteiger partial charge is 0.0807 e. The molecule has 0 aromatic rings. The Kier molecular flexibility index (Phi) is 2.16. The molecule has 1 saturated carbocycles. The Morgan fingerprint density at radius 2 is 2.25 bits per heavy atom. The quantitative estimate of drug-likeness (QED) is 0.507. The van der Waals surface area contributed by atoms with E-state index in [1.165, 1.54) is 19.3 Å². The number of allylic oxidation sites excluding steroid dienone is 6. The zero-order valence-electron chi connectivity index (χ0n) is 7.72. The molecule has 0 saturated heterocycles. The first-order valence-corrected chi connectivity index (χ1v) is 4.91. The van der Waals surface area contributed by atoms with E-state index < -0.39 is 0 Å². The molecule has 0 aliphatic heterocycles. The maximum Gasteiger partial charge on any atom is -0.0160 e. The highest BCUT2D eigenvalue weighted by atomic mass is 14.2. The van der Waals surface area contributed by atoms with Crippen molar-refractivity contribution < 1.29 is 0 Å². The summed E-state index contributed by atoms with van der Waals surface area (Å²) < 4.78 is 0. The van der Waals surface area contributed by atoms with E-state index >= 15 is 0 Å². The molecule has 2 aliphatic carbocycles. The predicted octanol–water partition coefficient (Wildman–Crippen LogP) is 3.62. The molecule has 0 heteroatoms. The van der Waals surface area contributed by atoms with Crippen molar-refractivity contribution in [1.29, 1.82) is 0 Å². The summed E-state index contributed by atoms with van der Waals surface area (Å²) >= 11 is 0. The van der Waals surface area contributed by atoms with Gasteiger partial charge in [-0.2, -0.15) is 0 Å². The normalized spacial score (nSPS) is 28.6. The molecule has 0 heterocycles. The van der Waals surface area contributed by atoms with E-state index in [1.807, 2.05) is 0 Å². The fraction of sp³-hybridized carbons (Fsp3) is 0.500. The third-order valence-corrected chi connectivity index (χ3v) is 2.82. The van der Waals surface area contributed by atoms with E-state index in [2.05, 4.69) is 31.2 Å². The molecule has 12 heavy (non-hydrogen) atoms. The average Bonchev–Trinajstić information content (AvgIpc) is 2.28. The minimum atomic E-state index is 0.889. The summed E-state index contributed by atoms with van der Waals surface area (Å²) in [7, 11) is 0. The van der Waals surface area contributed by atoms with Crippen LogP contribution in [0, 0.1) is 5.92 Å². The second kappa shape index (κ2) is 3.30. The summed E-state index contributed by atoms with van der Waals surface area (Å²) in [6.45, 7) is 2.35. The van der Waals surface area contributed by atoms with Crippen LogP contribution in [0.25, 0.3) is 0 Å². The minimum Gasteiger partial charge on any atom is -0.0807 e. The van der Waals surface area contributed by atoms with Crippen LogP contribution in [-0.4, -0.2) is 0 Å². The maximum absolute atomic E-state index is 2.39. The lowest BCUT2D eigenvalue weighted by Crippen LogP contribution is -2.06. The topological polar surface area (TPSA) is 0 Å². The van der Waals surface area contributed by atoms with Gasteiger partial charge in [0, 0.05) is 0 Å². The van der Waals surface area contributed by atoms with Crippen molar-refractivity contribution in [3.05, 3.63) is 35.5 Å². The van der Waals surface area contributed by atoms with Crippen molar-refractivity contribution in [2.75, 3.05) is 0 Å². The molecule has 1 atom stereocenters. The third-order valence-electron chi connectivity index (χ3n) is 2.82. The van der Waals surface area contributed by atoms with E-state index in [0.717, 1.165) is 12.3 Å². The third kappa shape index (κ3) is 1.52. The van der Waals surface area contributed by atoms with Crippen LogP contribution < -0.4 is 0 Å². The molecule has 0 N–H and O–H groups in total. The Balaban J connectivity index is 2.23. The summed E-state index contributed by atoms with van der Waals surface area (Å²) in [5.41, 5.74) is 3.20. The van der Waals surface area contributed by atoms with Crippen molar-refractivity contribution in [2.24, 2.45) is 5.92 Å². The molecule has 0 amide bonds. The van der Waals surface area contributed by atoms with Crippen LogP contribution in [0.2, 0.25) is 0 Å². The predicted molar refractivity (Wildman–Crippen MR) is 52.9 cm³/mol. The van der Waals surface area contributed by atoms with E-state index in [4.69, 9.17) is 0 Å². The van der Waals surface area contributed by atoms with Crippen LogP contribution in [0.5, 0.6) is 0 Å². The summed E-state index contributed by atoms with van der Waals surface area (Å²) in [5, 5.41) is 0. The first-order valence-electron chi connectivity index (χ1n) is 4.91. The molecular weight excluding hydrogens is 144 g/mol. The number of rotatable bonds is 0. The minimum absolute atomic E-state index is 0.889. The Labute approximate surface area is 74.7 Å². The van der Waals surface area contributed by atoms with Crippen molar-refractivity contribution in [2.45, 2.75) is 32.6 Å². The van der Waals surface area contributed by atoms with Gasteiger partial charge in [-0.25, -0.2) is 0 Å². The first-order chi connectivity index (χ1) is 5.86. The fourth-order valence-corrected chi connectivity index (χ4v) is 2.05. The Hall–Kier alpha value is -0.780. The molecule has 64 valence electrons. The Bertz CT molecular complexity index is 253. The SMILES string of the molecule is CC1CCC2=CCC=CC=C2C1. The van der Waals surface area contributed by atoms with Crippen LogP contribution in [0.4, 0.5) is 0 Å². The Morgan fingerprint density at radius 1 is 1.33 bits per heavy atom. The van der Waals surface area contributed by atoms with Crippen molar-refractivity contribution in [1.82, 2.24) is 0 Å². The van der Waals surface area contributed by atoms with Crippen LogP contribution >= 0.6 is 0 Å². The van der Waals surface area contributed by atoms with Gasteiger partial charge < -0.3 is 0 Å². The smallest absolute Gasteiger partial charge is 0.0160 e. The van der Waals surface area contributed by atoms with Crippen molar-refractivity contribution in [3.63, 3.8) is 0 Å². The lowest BCUT2D eigenvalue weighted by molar-refractivity contribution is 0.497. The number of fused-ring (bicyclic) bond motifs is 1. The highest BCUT2D eigenvalue weighted by Crippen LogP contribution is 2.33. The van der Waals surface area contributed by atoms with Gasteiger partial charge in [-0.05, 0) is 42.7 Å². The van der Waals surface area contributed by atoms with Gasteiger partial charge >= 0.3 is 0 Å². The van der Waals surface area contributed by atoms with E-state index in [1.54, 1.807) is 11.1 Å². The van der Waals surface area contributed by atoms with Crippen molar-refractivity contribution in [3.8, 4) is 0 Å². The van der Waals surface area contributed by atoms with Gasteiger partial charge in [-0.1, -0.05) is 31.2 Å². The van der Waals surface area contributed by atoms with E-state index in [9.17, 15) is 0 Å². The molecule has 1 unspecified atom stereocenters. The van der Waals surface area contributed by atoms with Gasteiger partial charge in [-0.15, -0.1) is 0 Å². The summed E-state index contributed by atoms with van der Waals surface area (Å²) in [5.74, 6) is 0.889. The Morgan fingerprint density at radius 3 is 3.17 bits per heavy atom. The van der Waals surface area contributed by atoms with Crippen LogP contribution in [-0.2, 0) is 0 Å². The van der Waals surface area contributed by atoms with E-state index in [-0.39, 0.29) is 0 Å². The standard InChI is InChI=1S/C12H16/c1-10-7-8-11-5-3-2-4-6-12(11)9-10/h2,4-6,10H,3,7-9H2,1H3. The first kappa shape index (κ1) is 7.85. The zero-order valence-corrected chi connectivity index (χ0v) is 7.72. The van der Waals surface area contributed by atoms with Crippen LogP contribution in [0.3, 0.4) is 0 Å².